The van der Waals surface area contributed by atoms with E-state index in [1.807, 2.05) is 13.8 Å². The van der Waals surface area contributed by atoms with E-state index in [0.29, 0.717) is 52.0 Å². The zero-order chi connectivity index (χ0) is 19.4. The van der Waals surface area contributed by atoms with Gasteiger partial charge in [0.05, 0.1) is 18.2 Å². The molecule has 27 heavy (non-hydrogen) atoms. The molecule has 0 saturated heterocycles. The third-order valence-electron chi connectivity index (χ3n) is 4.03. The molecule has 5 nitrogen and oxygen atoms in total. The highest BCUT2D eigenvalue weighted by molar-refractivity contribution is 6.34. The number of nitrogens with one attached hydrogen (secondary N) is 1. The van der Waals surface area contributed by atoms with Crippen LogP contribution in [0, 0.1) is 0 Å². The van der Waals surface area contributed by atoms with Gasteiger partial charge in [0.25, 0.3) is 11.8 Å². The Balaban J connectivity index is 2.07. The molecule has 0 radical (unpaired) electrons. The fraction of sp³-hybridized carbons (Fsp3) is 0.238. The molecular formula is C21H20ClNO4. The average Bonchev–Trinajstić information content (AvgIpc) is 2.65. The number of halogens is 1. The van der Waals surface area contributed by atoms with Crippen molar-refractivity contribution in [1.29, 1.82) is 0 Å². The van der Waals surface area contributed by atoms with Crippen molar-refractivity contribution in [3.05, 3.63) is 58.1 Å². The predicted molar refractivity (Wildman–Crippen MR) is 105 cm³/mol. The number of carbonyl (C=O) groups is 2. The standard InChI is InChI=1S/C21H20ClNO4/c1-3-9-27-19-17(22)11-13(12-18(19)26-4-2)10-16-14-7-5-6-8-15(14)20(24)23-21(16)25/h5-8,10-12H,3-4,9H2,1-2H3,(H,23,24,25)/b16-10-. The first-order valence-electron chi connectivity index (χ1n) is 8.81. The van der Waals surface area contributed by atoms with Crippen LogP contribution in [0.1, 0.15) is 41.8 Å². The van der Waals surface area contributed by atoms with Gasteiger partial charge in [0.15, 0.2) is 11.5 Å². The van der Waals surface area contributed by atoms with E-state index in [4.69, 9.17) is 21.1 Å². The molecule has 6 heteroatoms. The molecule has 0 bridgehead atoms. The molecule has 0 spiro atoms. The summed E-state index contributed by atoms with van der Waals surface area (Å²) >= 11 is 6.39. The molecule has 1 heterocycles. The molecule has 1 N–H and O–H groups in total. The SMILES string of the molecule is CCCOc1c(Cl)cc(/C=C2\C(=O)NC(=O)c3ccccc32)cc1OCC. The molecule has 1 aliphatic heterocycles. The molecule has 0 atom stereocenters. The fourth-order valence-corrected chi connectivity index (χ4v) is 3.14. The summed E-state index contributed by atoms with van der Waals surface area (Å²) in [5, 5.41) is 2.77. The van der Waals surface area contributed by atoms with Crippen LogP contribution in [-0.2, 0) is 4.79 Å². The molecule has 0 saturated carbocycles. The summed E-state index contributed by atoms with van der Waals surface area (Å²) in [4.78, 5) is 24.4. The summed E-state index contributed by atoms with van der Waals surface area (Å²) in [6, 6.07) is 10.5. The van der Waals surface area contributed by atoms with Crippen LogP contribution in [0.3, 0.4) is 0 Å². The Hall–Kier alpha value is -2.79. The quantitative estimate of drug-likeness (QED) is 0.593. The number of ether oxygens (including phenoxy) is 2. The highest BCUT2D eigenvalue weighted by Gasteiger charge is 2.26. The van der Waals surface area contributed by atoms with Crippen molar-refractivity contribution in [3.8, 4) is 11.5 Å². The van der Waals surface area contributed by atoms with Gasteiger partial charge < -0.3 is 9.47 Å². The number of hydrogen-bond acceptors (Lipinski definition) is 4. The summed E-state index contributed by atoms with van der Waals surface area (Å²) in [5.74, 6) is 0.167. The second-order valence-corrected chi connectivity index (χ2v) is 6.41. The molecule has 2 aromatic carbocycles. The van der Waals surface area contributed by atoms with E-state index < -0.39 is 11.8 Å². The lowest BCUT2D eigenvalue weighted by molar-refractivity contribution is -0.114. The van der Waals surface area contributed by atoms with E-state index in [2.05, 4.69) is 5.32 Å². The van der Waals surface area contributed by atoms with Gasteiger partial charge in [-0.25, -0.2) is 0 Å². The average molecular weight is 386 g/mol. The number of hydrogen-bond donors (Lipinski definition) is 1. The second-order valence-electron chi connectivity index (χ2n) is 6.00. The molecule has 3 rings (SSSR count). The first kappa shape index (κ1) is 19.0. The van der Waals surface area contributed by atoms with E-state index in [1.54, 1.807) is 42.5 Å². The van der Waals surface area contributed by atoms with Crippen LogP contribution >= 0.6 is 11.6 Å². The Bertz CT molecular complexity index is 920. The normalized spacial score (nSPS) is 14.7. The third kappa shape index (κ3) is 3.98. The third-order valence-corrected chi connectivity index (χ3v) is 4.31. The van der Waals surface area contributed by atoms with Gasteiger partial charge in [-0.15, -0.1) is 0 Å². The zero-order valence-corrected chi connectivity index (χ0v) is 15.9. The molecule has 2 aromatic rings. The van der Waals surface area contributed by atoms with E-state index in [-0.39, 0.29) is 0 Å². The topological polar surface area (TPSA) is 64.6 Å². The predicted octanol–water partition coefficient (Wildman–Crippen LogP) is 4.34. The number of amides is 2. The van der Waals surface area contributed by atoms with Crippen molar-refractivity contribution < 1.29 is 19.1 Å². The fourth-order valence-electron chi connectivity index (χ4n) is 2.86. The maximum absolute atomic E-state index is 12.4. The largest absolute Gasteiger partial charge is 0.490 e. The molecule has 0 aromatic heterocycles. The van der Waals surface area contributed by atoms with Gasteiger partial charge in [-0.05, 0) is 48.7 Å². The first-order valence-corrected chi connectivity index (χ1v) is 9.18. The molecule has 0 fully saturated rings. The van der Waals surface area contributed by atoms with Gasteiger partial charge >= 0.3 is 0 Å². The number of rotatable bonds is 6. The van der Waals surface area contributed by atoms with Crippen molar-refractivity contribution in [2.45, 2.75) is 20.3 Å². The molecule has 1 aliphatic rings. The smallest absolute Gasteiger partial charge is 0.258 e. The number of carbonyl (C=O) groups excluding carboxylic acids is 2. The van der Waals surface area contributed by atoms with Crippen LogP contribution in [0.4, 0.5) is 0 Å². The van der Waals surface area contributed by atoms with Gasteiger partial charge in [-0.2, -0.15) is 0 Å². The minimum atomic E-state index is -0.445. The lowest BCUT2D eigenvalue weighted by Gasteiger charge is -2.18. The minimum Gasteiger partial charge on any atom is -0.490 e. The zero-order valence-electron chi connectivity index (χ0n) is 15.2. The van der Waals surface area contributed by atoms with E-state index in [1.165, 1.54) is 0 Å². The monoisotopic (exact) mass is 385 g/mol. The van der Waals surface area contributed by atoms with Crippen molar-refractivity contribution >= 4 is 35.1 Å². The summed E-state index contributed by atoms with van der Waals surface area (Å²) in [5.41, 5.74) is 2.13. The number of fused-ring (bicyclic) bond motifs is 1. The van der Waals surface area contributed by atoms with Crippen LogP contribution in [0.15, 0.2) is 36.4 Å². The molecule has 140 valence electrons. The van der Waals surface area contributed by atoms with Crippen LogP contribution in [0.2, 0.25) is 5.02 Å². The van der Waals surface area contributed by atoms with Gasteiger partial charge in [-0.3, -0.25) is 14.9 Å². The van der Waals surface area contributed by atoms with Gasteiger partial charge in [0.1, 0.15) is 0 Å². The van der Waals surface area contributed by atoms with Crippen molar-refractivity contribution in [2.75, 3.05) is 13.2 Å². The van der Waals surface area contributed by atoms with Crippen LogP contribution in [0.25, 0.3) is 11.6 Å². The summed E-state index contributed by atoms with van der Waals surface area (Å²) < 4.78 is 11.4. The van der Waals surface area contributed by atoms with Crippen LogP contribution < -0.4 is 14.8 Å². The van der Waals surface area contributed by atoms with E-state index in [9.17, 15) is 9.59 Å². The Morgan fingerprint density at radius 3 is 2.48 bits per heavy atom. The molecular weight excluding hydrogens is 366 g/mol. The second kappa shape index (κ2) is 8.27. The Kier molecular flexibility index (Phi) is 5.81. The maximum atomic E-state index is 12.4. The van der Waals surface area contributed by atoms with Crippen LogP contribution in [-0.4, -0.2) is 25.0 Å². The Labute approximate surface area is 162 Å². The van der Waals surface area contributed by atoms with Gasteiger partial charge in [-0.1, -0.05) is 36.7 Å². The molecule has 2 amide bonds. The summed E-state index contributed by atoms with van der Waals surface area (Å²) in [6.45, 7) is 4.86. The van der Waals surface area contributed by atoms with Crippen molar-refractivity contribution in [3.63, 3.8) is 0 Å². The number of benzene rings is 2. The minimum absolute atomic E-state index is 0.394. The van der Waals surface area contributed by atoms with E-state index in [0.717, 1.165) is 6.42 Å². The van der Waals surface area contributed by atoms with Crippen LogP contribution in [0.5, 0.6) is 11.5 Å². The lowest BCUT2D eigenvalue weighted by Crippen LogP contribution is -2.36. The highest BCUT2D eigenvalue weighted by Crippen LogP contribution is 2.38. The maximum Gasteiger partial charge on any atom is 0.258 e. The Morgan fingerprint density at radius 2 is 1.78 bits per heavy atom. The molecule has 0 unspecified atom stereocenters. The number of imide groups is 1. The van der Waals surface area contributed by atoms with Gasteiger partial charge in [0, 0.05) is 11.1 Å². The molecule has 0 aliphatic carbocycles. The highest BCUT2D eigenvalue weighted by atomic mass is 35.5. The van der Waals surface area contributed by atoms with Crippen molar-refractivity contribution in [2.24, 2.45) is 0 Å². The lowest BCUT2D eigenvalue weighted by atomic mass is 9.93. The first-order chi connectivity index (χ1) is 13.0. The van der Waals surface area contributed by atoms with Gasteiger partial charge in [0.2, 0.25) is 0 Å². The van der Waals surface area contributed by atoms with Crippen molar-refractivity contribution in [1.82, 2.24) is 5.32 Å². The Morgan fingerprint density at radius 1 is 1.04 bits per heavy atom. The summed E-state index contributed by atoms with van der Waals surface area (Å²) in [6.07, 6.45) is 2.54. The van der Waals surface area contributed by atoms with E-state index >= 15 is 0 Å². The summed E-state index contributed by atoms with van der Waals surface area (Å²) in [7, 11) is 0.